The van der Waals surface area contributed by atoms with Gasteiger partial charge in [-0.25, -0.2) is 8.42 Å². The molecule has 0 aromatic heterocycles. The maximum absolute atomic E-state index is 13.4. The summed E-state index contributed by atoms with van der Waals surface area (Å²) in [6.07, 6.45) is 0.661. The van der Waals surface area contributed by atoms with Gasteiger partial charge in [0.25, 0.3) is 10.0 Å². The first-order chi connectivity index (χ1) is 15.3. The molecule has 7 heteroatoms. The van der Waals surface area contributed by atoms with Gasteiger partial charge in [-0.1, -0.05) is 55.0 Å². The molecule has 6 nitrogen and oxygen atoms in total. The average Bonchev–Trinajstić information content (AvgIpc) is 2.82. The van der Waals surface area contributed by atoms with Gasteiger partial charge in [0.2, 0.25) is 5.91 Å². The number of rotatable bonds is 9. The highest BCUT2D eigenvalue weighted by Gasteiger charge is 2.27. The van der Waals surface area contributed by atoms with E-state index in [1.807, 2.05) is 38.1 Å². The summed E-state index contributed by atoms with van der Waals surface area (Å²) in [4.78, 5) is 13.1. The van der Waals surface area contributed by atoms with E-state index in [9.17, 15) is 13.2 Å². The van der Waals surface area contributed by atoms with Gasteiger partial charge in [-0.2, -0.15) is 0 Å². The molecule has 0 aliphatic carbocycles. The van der Waals surface area contributed by atoms with Crippen LogP contribution in [-0.2, 0) is 14.8 Å². The lowest BCUT2D eigenvalue weighted by Gasteiger charge is -2.25. The van der Waals surface area contributed by atoms with Crippen molar-refractivity contribution in [3.05, 3.63) is 90.0 Å². The number of ether oxygens (including phenoxy) is 1. The normalized spacial score (nSPS) is 12.1. The molecule has 0 unspecified atom stereocenters. The van der Waals surface area contributed by atoms with Gasteiger partial charge in [0.1, 0.15) is 12.3 Å². The van der Waals surface area contributed by atoms with E-state index in [2.05, 4.69) is 5.32 Å². The third-order valence-corrected chi connectivity index (χ3v) is 6.99. The quantitative estimate of drug-likeness (QED) is 0.520. The molecule has 0 saturated carbocycles. The van der Waals surface area contributed by atoms with E-state index in [4.69, 9.17) is 4.74 Å². The molecule has 0 spiro atoms. The topological polar surface area (TPSA) is 75.7 Å². The van der Waals surface area contributed by atoms with Gasteiger partial charge in [-0.05, 0) is 55.3 Å². The monoisotopic (exact) mass is 452 g/mol. The van der Waals surface area contributed by atoms with Crippen molar-refractivity contribution in [3.8, 4) is 5.75 Å². The number of nitrogens with zero attached hydrogens (tertiary/aromatic N) is 1. The minimum atomic E-state index is -3.93. The van der Waals surface area contributed by atoms with Crippen LogP contribution in [0.4, 0.5) is 5.69 Å². The zero-order valence-corrected chi connectivity index (χ0v) is 19.3. The fourth-order valence-corrected chi connectivity index (χ4v) is 4.80. The van der Waals surface area contributed by atoms with E-state index in [1.54, 1.807) is 61.7 Å². The minimum Gasteiger partial charge on any atom is -0.497 e. The molecule has 0 aliphatic rings. The van der Waals surface area contributed by atoms with Crippen LogP contribution >= 0.6 is 0 Å². The molecular weight excluding hydrogens is 424 g/mol. The second-order valence-corrected chi connectivity index (χ2v) is 9.32. The first kappa shape index (κ1) is 23.3. The van der Waals surface area contributed by atoms with Gasteiger partial charge < -0.3 is 10.1 Å². The molecule has 168 valence electrons. The van der Waals surface area contributed by atoms with Crippen molar-refractivity contribution in [1.29, 1.82) is 0 Å². The molecule has 0 aliphatic heterocycles. The SMILES string of the molecule is CC[C@@H](NC(=O)CN(c1ccccc1)S(=O)(=O)c1ccc(C)cc1)c1ccc(OC)cc1. The summed E-state index contributed by atoms with van der Waals surface area (Å²) in [5.41, 5.74) is 2.31. The molecule has 0 bridgehead atoms. The molecule has 0 fully saturated rings. The number of methoxy groups -OCH3 is 1. The van der Waals surface area contributed by atoms with Crippen LogP contribution in [0.15, 0.2) is 83.8 Å². The third-order valence-electron chi connectivity index (χ3n) is 5.20. The van der Waals surface area contributed by atoms with Crippen molar-refractivity contribution in [2.75, 3.05) is 18.0 Å². The lowest BCUT2D eigenvalue weighted by molar-refractivity contribution is -0.120. The van der Waals surface area contributed by atoms with E-state index in [0.717, 1.165) is 21.2 Å². The molecular formula is C25H28N2O4S. The first-order valence-electron chi connectivity index (χ1n) is 10.4. The Morgan fingerprint density at radius 2 is 1.59 bits per heavy atom. The number of carbonyl (C=O) groups is 1. The molecule has 3 aromatic rings. The Balaban J connectivity index is 1.85. The van der Waals surface area contributed by atoms with Gasteiger partial charge in [0, 0.05) is 0 Å². The lowest BCUT2D eigenvalue weighted by Crippen LogP contribution is -2.42. The summed E-state index contributed by atoms with van der Waals surface area (Å²) < 4.78 is 33.2. The van der Waals surface area contributed by atoms with Crippen LogP contribution in [0.5, 0.6) is 5.75 Å². The Morgan fingerprint density at radius 1 is 0.969 bits per heavy atom. The van der Waals surface area contributed by atoms with Crippen LogP contribution in [0.3, 0.4) is 0 Å². The predicted molar refractivity (Wildman–Crippen MR) is 126 cm³/mol. The molecule has 32 heavy (non-hydrogen) atoms. The highest BCUT2D eigenvalue weighted by atomic mass is 32.2. The highest BCUT2D eigenvalue weighted by molar-refractivity contribution is 7.92. The van der Waals surface area contributed by atoms with E-state index in [1.165, 1.54) is 0 Å². The number of anilines is 1. The summed E-state index contributed by atoms with van der Waals surface area (Å²) >= 11 is 0. The Morgan fingerprint density at radius 3 is 2.16 bits per heavy atom. The molecule has 1 amide bonds. The molecule has 0 radical (unpaired) electrons. The number of para-hydroxylation sites is 1. The summed E-state index contributed by atoms with van der Waals surface area (Å²) in [6.45, 7) is 3.53. The van der Waals surface area contributed by atoms with Crippen LogP contribution in [0, 0.1) is 6.92 Å². The van der Waals surface area contributed by atoms with Crippen molar-refractivity contribution in [1.82, 2.24) is 5.32 Å². The second-order valence-electron chi connectivity index (χ2n) is 7.46. The van der Waals surface area contributed by atoms with Gasteiger partial charge in [0.05, 0.1) is 23.7 Å². The summed E-state index contributed by atoms with van der Waals surface area (Å²) in [5, 5.41) is 2.97. The Kier molecular flexibility index (Phi) is 7.53. The van der Waals surface area contributed by atoms with Crippen LogP contribution in [0.25, 0.3) is 0 Å². The molecule has 1 atom stereocenters. The molecule has 0 saturated heterocycles. The highest BCUT2D eigenvalue weighted by Crippen LogP contribution is 2.24. The lowest BCUT2D eigenvalue weighted by atomic mass is 10.0. The fourth-order valence-electron chi connectivity index (χ4n) is 3.37. The maximum Gasteiger partial charge on any atom is 0.264 e. The zero-order chi connectivity index (χ0) is 23.1. The van der Waals surface area contributed by atoms with Gasteiger partial charge in [-0.15, -0.1) is 0 Å². The molecule has 1 N–H and O–H groups in total. The average molecular weight is 453 g/mol. The van der Waals surface area contributed by atoms with Crippen LogP contribution in [0.1, 0.15) is 30.5 Å². The fraction of sp³-hybridized carbons (Fsp3) is 0.240. The summed E-state index contributed by atoms with van der Waals surface area (Å²) in [7, 11) is -2.33. The molecule has 3 rings (SSSR count). The van der Waals surface area contributed by atoms with Gasteiger partial charge >= 0.3 is 0 Å². The standard InChI is InChI=1S/C25H28N2O4S/c1-4-24(20-12-14-22(31-3)15-13-20)26-25(28)18-27(21-8-6-5-7-9-21)32(29,30)23-16-10-19(2)11-17-23/h5-17,24H,4,18H2,1-3H3,(H,26,28)/t24-/m1/s1. The number of sulfonamides is 1. The van der Waals surface area contributed by atoms with E-state index in [0.29, 0.717) is 12.1 Å². The number of benzene rings is 3. The van der Waals surface area contributed by atoms with Crippen LogP contribution < -0.4 is 14.4 Å². The number of aryl methyl sites for hydroxylation is 1. The van der Waals surface area contributed by atoms with E-state index in [-0.39, 0.29) is 23.4 Å². The van der Waals surface area contributed by atoms with Crippen LogP contribution in [-0.4, -0.2) is 28.0 Å². The van der Waals surface area contributed by atoms with Gasteiger partial charge in [-0.3, -0.25) is 9.10 Å². The number of carbonyl (C=O) groups excluding carboxylic acids is 1. The van der Waals surface area contributed by atoms with E-state index < -0.39 is 10.0 Å². The van der Waals surface area contributed by atoms with Gasteiger partial charge in [0.15, 0.2) is 0 Å². The minimum absolute atomic E-state index is 0.141. The van der Waals surface area contributed by atoms with Crippen molar-refractivity contribution >= 4 is 21.6 Å². The maximum atomic E-state index is 13.4. The smallest absolute Gasteiger partial charge is 0.264 e. The number of hydrogen-bond acceptors (Lipinski definition) is 4. The summed E-state index contributed by atoms with van der Waals surface area (Å²) in [5.74, 6) is 0.349. The van der Waals surface area contributed by atoms with Crippen molar-refractivity contribution in [2.45, 2.75) is 31.2 Å². The number of amides is 1. The molecule has 3 aromatic carbocycles. The zero-order valence-electron chi connectivity index (χ0n) is 18.5. The predicted octanol–water partition coefficient (Wildman–Crippen LogP) is 4.47. The Labute approximate surface area is 189 Å². The summed E-state index contributed by atoms with van der Waals surface area (Å²) in [6, 6.07) is 22.5. The van der Waals surface area contributed by atoms with E-state index >= 15 is 0 Å². The molecule has 0 heterocycles. The van der Waals surface area contributed by atoms with Crippen molar-refractivity contribution < 1.29 is 17.9 Å². The van der Waals surface area contributed by atoms with Crippen LogP contribution in [0.2, 0.25) is 0 Å². The van der Waals surface area contributed by atoms with Crippen molar-refractivity contribution in [2.24, 2.45) is 0 Å². The second kappa shape index (κ2) is 10.3. The van der Waals surface area contributed by atoms with Crippen molar-refractivity contribution in [3.63, 3.8) is 0 Å². The number of nitrogens with one attached hydrogen (secondary N) is 1. The number of hydrogen-bond donors (Lipinski definition) is 1. The third kappa shape index (κ3) is 5.48. The Bertz CT molecular complexity index is 1130. The Hall–Kier alpha value is -3.32. The largest absolute Gasteiger partial charge is 0.497 e. The first-order valence-corrected chi connectivity index (χ1v) is 11.9.